The van der Waals surface area contributed by atoms with Gasteiger partial charge in [-0.15, -0.1) is 0 Å². The zero-order valence-electron chi connectivity index (χ0n) is 22.4. The average molecular weight is 684 g/mol. The minimum atomic E-state index is -1.55. The van der Waals surface area contributed by atoms with Gasteiger partial charge in [-0.2, -0.15) is 4.99 Å². The SMILES string of the molecule is CC(=O)O[C@]1(C)C(=O)N=C2O[C@H]3[C@H](Br)[C@@H](COC(c4ccccc4)(c4ccccc4)c4ccccc4)O[C@H]3N2[C@H]1Br. The largest absolute Gasteiger partial charge is 0.455 e. The highest BCUT2D eigenvalue weighted by molar-refractivity contribution is 9.09. The lowest BCUT2D eigenvalue weighted by atomic mass is 9.80. The van der Waals surface area contributed by atoms with E-state index in [0.717, 1.165) is 16.7 Å². The number of fused-ring (bicyclic) bond motifs is 3. The minimum Gasteiger partial charge on any atom is -0.455 e. The van der Waals surface area contributed by atoms with Gasteiger partial charge >= 0.3 is 5.97 Å². The molecule has 1 amide bonds. The van der Waals surface area contributed by atoms with Gasteiger partial charge in [0.05, 0.1) is 17.5 Å². The normalized spacial score (nSPS) is 28.9. The monoisotopic (exact) mass is 682 g/mol. The summed E-state index contributed by atoms with van der Waals surface area (Å²) in [5.74, 6) is -1.19. The Morgan fingerprint density at radius 1 is 0.951 bits per heavy atom. The Hall–Kier alpha value is -3.05. The molecule has 8 nitrogen and oxygen atoms in total. The fraction of sp³-hybridized carbons (Fsp3) is 0.323. The molecule has 212 valence electrons. The number of esters is 1. The molecular formula is C31H28Br2N2O6. The van der Waals surface area contributed by atoms with E-state index in [1.165, 1.54) is 13.8 Å². The second kappa shape index (κ2) is 11.0. The zero-order chi connectivity index (χ0) is 28.8. The van der Waals surface area contributed by atoms with Crippen LogP contribution in [-0.4, -0.2) is 63.2 Å². The first-order chi connectivity index (χ1) is 19.8. The number of aliphatic imine (C=N–C) groups is 1. The Kier molecular flexibility index (Phi) is 7.52. The summed E-state index contributed by atoms with van der Waals surface area (Å²) in [6, 6.07) is 30.5. The van der Waals surface area contributed by atoms with E-state index >= 15 is 0 Å². The molecule has 2 saturated heterocycles. The summed E-state index contributed by atoms with van der Waals surface area (Å²) in [4.78, 5) is 29.4. The Bertz CT molecular complexity index is 1360. The number of amidine groups is 1. The molecule has 3 aliphatic rings. The van der Waals surface area contributed by atoms with Crippen molar-refractivity contribution in [1.29, 1.82) is 0 Å². The number of ether oxygens (including phenoxy) is 4. The third-order valence-corrected chi connectivity index (χ3v) is 10.1. The van der Waals surface area contributed by atoms with Gasteiger partial charge in [0.25, 0.3) is 11.9 Å². The number of rotatable bonds is 7. The molecular weight excluding hydrogens is 656 g/mol. The predicted octanol–water partition coefficient (Wildman–Crippen LogP) is 5.12. The number of nitrogens with zero attached hydrogens (tertiary/aromatic N) is 2. The van der Waals surface area contributed by atoms with Gasteiger partial charge < -0.3 is 18.9 Å². The molecule has 0 bridgehead atoms. The number of benzene rings is 3. The molecule has 10 heteroatoms. The van der Waals surface area contributed by atoms with Gasteiger partial charge in [-0.3, -0.25) is 14.5 Å². The summed E-state index contributed by atoms with van der Waals surface area (Å²) in [6.45, 7) is 3.00. The van der Waals surface area contributed by atoms with Crippen LogP contribution in [0.15, 0.2) is 96.0 Å². The van der Waals surface area contributed by atoms with Crippen LogP contribution in [0.4, 0.5) is 0 Å². The van der Waals surface area contributed by atoms with Gasteiger partial charge in [-0.1, -0.05) is 123 Å². The Labute approximate surface area is 254 Å². The van der Waals surface area contributed by atoms with Crippen molar-refractivity contribution in [2.75, 3.05) is 6.61 Å². The molecule has 6 atom stereocenters. The number of hydrogen-bond donors (Lipinski definition) is 0. The second-order valence-corrected chi connectivity index (χ2v) is 12.3. The summed E-state index contributed by atoms with van der Waals surface area (Å²) in [5.41, 5.74) is 0.504. The molecule has 41 heavy (non-hydrogen) atoms. The molecule has 0 saturated carbocycles. The topological polar surface area (TPSA) is 86.7 Å². The van der Waals surface area contributed by atoms with Crippen LogP contribution in [0.5, 0.6) is 0 Å². The predicted molar refractivity (Wildman–Crippen MR) is 159 cm³/mol. The molecule has 3 aromatic rings. The zero-order valence-corrected chi connectivity index (χ0v) is 25.5. The molecule has 3 heterocycles. The highest BCUT2D eigenvalue weighted by Crippen LogP contribution is 2.46. The second-order valence-electron chi connectivity index (χ2n) is 10.3. The van der Waals surface area contributed by atoms with E-state index < -0.39 is 46.5 Å². The van der Waals surface area contributed by atoms with E-state index in [1.807, 2.05) is 54.6 Å². The summed E-state index contributed by atoms with van der Waals surface area (Å²) in [7, 11) is 0. The third-order valence-electron chi connectivity index (χ3n) is 7.68. The third kappa shape index (κ3) is 4.70. The maximum Gasteiger partial charge on any atom is 0.303 e. The molecule has 0 unspecified atom stereocenters. The van der Waals surface area contributed by atoms with Gasteiger partial charge in [0.2, 0.25) is 5.60 Å². The summed E-state index contributed by atoms with van der Waals surface area (Å²) in [6.07, 6.45) is -1.49. The smallest absolute Gasteiger partial charge is 0.303 e. The molecule has 0 radical (unpaired) electrons. The van der Waals surface area contributed by atoms with E-state index in [4.69, 9.17) is 18.9 Å². The Balaban J connectivity index is 1.32. The standard InChI is InChI=1S/C31H28Br2N2O6/c1-19(36)41-30(2)27(33)35-26-25(40-29(35)34-28(30)37)24(32)23(39-26)18-38-31(20-12-6-3-7-13-20,21-14-8-4-9-15-21)22-16-10-5-11-17-22/h3-17,23-27H,18H2,1-2H3/t23-,24-,25+,26-,27-,30+/m1/s1. The summed E-state index contributed by atoms with van der Waals surface area (Å²) in [5, 5.41) is 0. The minimum absolute atomic E-state index is 0.132. The van der Waals surface area contributed by atoms with Crippen molar-refractivity contribution in [1.82, 2.24) is 4.90 Å². The quantitative estimate of drug-likeness (QED) is 0.148. The number of carbonyl (C=O) groups excluding carboxylic acids is 2. The van der Waals surface area contributed by atoms with Crippen LogP contribution >= 0.6 is 31.9 Å². The fourth-order valence-electron chi connectivity index (χ4n) is 5.71. The lowest BCUT2D eigenvalue weighted by molar-refractivity contribution is -0.170. The number of halogens is 2. The summed E-state index contributed by atoms with van der Waals surface area (Å²) < 4.78 is 25.1. The van der Waals surface area contributed by atoms with Gasteiger partial charge in [0.15, 0.2) is 12.3 Å². The number of amides is 1. The average Bonchev–Trinajstić information content (AvgIpc) is 3.49. The lowest BCUT2D eigenvalue weighted by Crippen LogP contribution is -2.60. The molecule has 0 aromatic heterocycles. The highest BCUT2D eigenvalue weighted by Gasteiger charge is 2.62. The van der Waals surface area contributed by atoms with Crippen molar-refractivity contribution in [2.45, 2.75) is 53.3 Å². The van der Waals surface area contributed by atoms with Crippen molar-refractivity contribution in [3.05, 3.63) is 108 Å². The first-order valence-corrected chi connectivity index (χ1v) is 15.1. The van der Waals surface area contributed by atoms with Crippen LogP contribution in [0.2, 0.25) is 0 Å². The first kappa shape index (κ1) is 28.1. The number of hydrogen-bond acceptors (Lipinski definition) is 7. The van der Waals surface area contributed by atoms with Gasteiger partial charge in [-0.25, -0.2) is 0 Å². The van der Waals surface area contributed by atoms with Crippen LogP contribution in [0.1, 0.15) is 30.5 Å². The first-order valence-electron chi connectivity index (χ1n) is 13.3. The molecule has 3 aliphatic heterocycles. The van der Waals surface area contributed by atoms with Gasteiger partial charge in [0.1, 0.15) is 10.6 Å². The van der Waals surface area contributed by atoms with Crippen LogP contribution in [-0.2, 0) is 34.1 Å². The summed E-state index contributed by atoms with van der Waals surface area (Å²) >= 11 is 7.35. The number of carbonyl (C=O) groups is 2. The maximum absolute atomic E-state index is 12.8. The molecule has 2 fully saturated rings. The van der Waals surface area contributed by atoms with Crippen LogP contribution in [0.3, 0.4) is 0 Å². The number of alkyl halides is 2. The van der Waals surface area contributed by atoms with E-state index in [9.17, 15) is 9.59 Å². The molecule has 0 spiro atoms. The molecule has 3 aromatic carbocycles. The molecule has 6 rings (SSSR count). The van der Waals surface area contributed by atoms with Gasteiger partial charge in [-0.05, 0) is 23.6 Å². The van der Waals surface area contributed by atoms with Crippen molar-refractivity contribution < 1.29 is 28.5 Å². The van der Waals surface area contributed by atoms with E-state index in [2.05, 4.69) is 73.3 Å². The Morgan fingerprint density at radius 2 is 1.46 bits per heavy atom. The molecule has 0 N–H and O–H groups in total. The van der Waals surface area contributed by atoms with E-state index in [1.54, 1.807) is 4.90 Å². The highest BCUT2D eigenvalue weighted by atomic mass is 79.9. The fourth-order valence-corrected chi connectivity index (χ4v) is 7.06. The van der Waals surface area contributed by atoms with Crippen LogP contribution in [0, 0.1) is 0 Å². The van der Waals surface area contributed by atoms with E-state index in [-0.39, 0.29) is 17.5 Å². The van der Waals surface area contributed by atoms with Gasteiger partial charge in [0, 0.05) is 6.92 Å². The van der Waals surface area contributed by atoms with Crippen LogP contribution < -0.4 is 0 Å². The lowest BCUT2D eigenvalue weighted by Gasteiger charge is -2.40. The van der Waals surface area contributed by atoms with E-state index in [0.29, 0.717) is 0 Å². The maximum atomic E-state index is 12.8. The van der Waals surface area contributed by atoms with Crippen molar-refractivity contribution in [3.63, 3.8) is 0 Å². The van der Waals surface area contributed by atoms with Crippen molar-refractivity contribution in [2.24, 2.45) is 4.99 Å². The van der Waals surface area contributed by atoms with Crippen LogP contribution in [0.25, 0.3) is 0 Å². The Morgan fingerprint density at radius 3 is 1.95 bits per heavy atom. The van der Waals surface area contributed by atoms with Crippen molar-refractivity contribution >= 4 is 49.8 Å². The van der Waals surface area contributed by atoms with Crippen molar-refractivity contribution in [3.8, 4) is 0 Å². The molecule has 0 aliphatic carbocycles.